The molecule has 0 amide bonds. The monoisotopic (exact) mass is 240 g/mol. The maximum Gasteiger partial charge on any atom is 0.00926 e. The molecule has 2 heteroatoms. The topological polar surface area (TPSA) is 15.3 Å². The Labute approximate surface area is 108 Å². The molecule has 2 atom stereocenters. The van der Waals surface area contributed by atoms with Crippen molar-refractivity contribution in [1.82, 2.24) is 10.2 Å². The fraction of sp³-hybridized carbons (Fsp3) is 1.00. The zero-order valence-electron chi connectivity index (χ0n) is 12.2. The van der Waals surface area contributed by atoms with Crippen molar-refractivity contribution in [2.24, 2.45) is 0 Å². The predicted octanol–water partition coefficient (Wildman–Crippen LogP) is 3.42. The number of piperidine rings is 1. The summed E-state index contributed by atoms with van der Waals surface area (Å²) >= 11 is 0. The molecule has 0 spiro atoms. The van der Waals surface area contributed by atoms with Gasteiger partial charge in [-0.2, -0.15) is 0 Å². The molecule has 2 nitrogen and oxygen atoms in total. The molecule has 1 fully saturated rings. The quantitative estimate of drug-likeness (QED) is 0.654. The Morgan fingerprint density at radius 2 is 2.06 bits per heavy atom. The van der Waals surface area contributed by atoms with Crippen LogP contribution in [-0.2, 0) is 0 Å². The van der Waals surface area contributed by atoms with Gasteiger partial charge >= 0.3 is 0 Å². The van der Waals surface area contributed by atoms with E-state index in [9.17, 15) is 0 Å². The van der Waals surface area contributed by atoms with Crippen LogP contribution in [0.2, 0.25) is 0 Å². The molecule has 0 aromatic heterocycles. The van der Waals surface area contributed by atoms with Crippen LogP contribution >= 0.6 is 0 Å². The number of rotatable bonds is 8. The molecule has 102 valence electrons. The Hall–Kier alpha value is -0.0800. The Bertz CT molecular complexity index is 182. The molecule has 1 saturated heterocycles. The maximum atomic E-state index is 3.49. The smallest absolute Gasteiger partial charge is 0.00926 e. The van der Waals surface area contributed by atoms with Gasteiger partial charge in [0.2, 0.25) is 0 Å². The lowest BCUT2D eigenvalue weighted by atomic mass is 9.99. The lowest BCUT2D eigenvalue weighted by molar-refractivity contribution is 0.141. The van der Waals surface area contributed by atoms with E-state index in [0.717, 1.165) is 12.6 Å². The molecule has 17 heavy (non-hydrogen) atoms. The van der Waals surface area contributed by atoms with E-state index in [-0.39, 0.29) is 0 Å². The van der Waals surface area contributed by atoms with Gasteiger partial charge in [0.05, 0.1) is 0 Å². The largest absolute Gasteiger partial charge is 0.315 e. The minimum atomic E-state index is 0.698. The van der Waals surface area contributed by atoms with Gasteiger partial charge in [0.1, 0.15) is 0 Å². The molecule has 1 aliphatic heterocycles. The summed E-state index contributed by atoms with van der Waals surface area (Å²) in [5.41, 5.74) is 0. The maximum absolute atomic E-state index is 3.49. The number of nitrogens with one attached hydrogen (secondary N) is 1. The van der Waals surface area contributed by atoms with Crippen molar-refractivity contribution in [1.29, 1.82) is 0 Å². The summed E-state index contributed by atoms with van der Waals surface area (Å²) in [7, 11) is 0. The van der Waals surface area contributed by atoms with Crippen molar-refractivity contribution in [3.05, 3.63) is 0 Å². The highest BCUT2D eigenvalue weighted by molar-refractivity contribution is 4.75. The molecule has 0 aromatic carbocycles. The van der Waals surface area contributed by atoms with Crippen molar-refractivity contribution in [3.8, 4) is 0 Å². The summed E-state index contributed by atoms with van der Waals surface area (Å²) in [4.78, 5) is 2.74. The molecular formula is C15H32N2. The second-order valence-corrected chi connectivity index (χ2v) is 5.55. The fourth-order valence-corrected chi connectivity index (χ4v) is 3.03. The van der Waals surface area contributed by atoms with E-state index in [1.807, 2.05) is 0 Å². The first-order valence-corrected chi connectivity index (χ1v) is 7.75. The minimum absolute atomic E-state index is 0.698. The highest BCUT2D eigenvalue weighted by atomic mass is 15.2. The molecule has 0 radical (unpaired) electrons. The van der Waals surface area contributed by atoms with E-state index in [1.165, 1.54) is 58.0 Å². The van der Waals surface area contributed by atoms with Crippen LogP contribution in [0.5, 0.6) is 0 Å². The average Bonchev–Trinajstić information content (AvgIpc) is 2.35. The van der Waals surface area contributed by atoms with Gasteiger partial charge in [0.25, 0.3) is 0 Å². The summed E-state index contributed by atoms with van der Waals surface area (Å²) in [5.74, 6) is 0. The zero-order chi connectivity index (χ0) is 12.5. The van der Waals surface area contributed by atoms with Crippen molar-refractivity contribution in [2.75, 3.05) is 19.6 Å². The highest BCUT2D eigenvalue weighted by Crippen LogP contribution is 2.19. The van der Waals surface area contributed by atoms with Gasteiger partial charge in [-0.25, -0.2) is 0 Å². The Balaban J connectivity index is 2.08. The first-order chi connectivity index (χ1) is 8.27. The first kappa shape index (κ1) is 15.0. The third kappa shape index (κ3) is 5.87. The van der Waals surface area contributed by atoms with E-state index in [0.29, 0.717) is 6.04 Å². The van der Waals surface area contributed by atoms with Crippen LogP contribution in [-0.4, -0.2) is 36.6 Å². The van der Waals surface area contributed by atoms with Gasteiger partial charge in [0.15, 0.2) is 0 Å². The first-order valence-electron chi connectivity index (χ1n) is 7.75. The fourth-order valence-electron chi connectivity index (χ4n) is 3.03. The molecule has 1 N–H and O–H groups in total. The predicted molar refractivity (Wildman–Crippen MR) is 76.5 cm³/mol. The third-order valence-electron chi connectivity index (χ3n) is 4.11. The van der Waals surface area contributed by atoms with Crippen LogP contribution in [0.3, 0.4) is 0 Å². The zero-order valence-corrected chi connectivity index (χ0v) is 12.2. The summed E-state index contributed by atoms with van der Waals surface area (Å²) in [6.45, 7) is 10.6. The van der Waals surface area contributed by atoms with Crippen LogP contribution in [0, 0.1) is 0 Å². The molecule has 1 heterocycles. The number of hydrogen-bond acceptors (Lipinski definition) is 2. The van der Waals surface area contributed by atoms with Gasteiger partial charge < -0.3 is 10.2 Å². The van der Waals surface area contributed by atoms with Crippen LogP contribution in [0.15, 0.2) is 0 Å². The standard InChI is InChI=1S/C15H32N2/c1-4-15-11-7-9-13-17(15)12-8-6-10-14(3)16-5-2/h14-16H,4-13H2,1-3H3. The number of nitrogens with zero attached hydrogens (tertiary/aromatic N) is 1. The Kier molecular flexibility index (Phi) is 7.87. The van der Waals surface area contributed by atoms with Crippen molar-refractivity contribution >= 4 is 0 Å². The molecule has 0 bridgehead atoms. The summed E-state index contributed by atoms with van der Waals surface area (Å²) < 4.78 is 0. The molecule has 0 saturated carbocycles. The Morgan fingerprint density at radius 1 is 1.24 bits per heavy atom. The van der Waals surface area contributed by atoms with Gasteiger partial charge in [-0.1, -0.05) is 26.7 Å². The van der Waals surface area contributed by atoms with Crippen LogP contribution < -0.4 is 5.32 Å². The van der Waals surface area contributed by atoms with Gasteiger partial charge in [0, 0.05) is 12.1 Å². The van der Waals surface area contributed by atoms with Crippen molar-refractivity contribution in [3.63, 3.8) is 0 Å². The van der Waals surface area contributed by atoms with Crippen LogP contribution in [0.4, 0.5) is 0 Å². The van der Waals surface area contributed by atoms with E-state index in [2.05, 4.69) is 31.0 Å². The lowest BCUT2D eigenvalue weighted by Crippen LogP contribution is -2.39. The van der Waals surface area contributed by atoms with Crippen molar-refractivity contribution < 1.29 is 0 Å². The minimum Gasteiger partial charge on any atom is -0.315 e. The molecule has 2 unspecified atom stereocenters. The SMILES string of the molecule is CCNC(C)CCCCN1CCCCC1CC. The molecule has 1 rings (SSSR count). The highest BCUT2D eigenvalue weighted by Gasteiger charge is 2.19. The van der Waals surface area contributed by atoms with Gasteiger partial charge in [-0.15, -0.1) is 0 Å². The summed E-state index contributed by atoms with van der Waals surface area (Å²) in [6.07, 6.45) is 9.74. The van der Waals surface area contributed by atoms with Crippen LogP contribution in [0.25, 0.3) is 0 Å². The lowest BCUT2D eigenvalue weighted by Gasteiger charge is -2.35. The molecule has 0 aliphatic carbocycles. The van der Waals surface area contributed by atoms with E-state index in [1.54, 1.807) is 0 Å². The van der Waals surface area contributed by atoms with E-state index in [4.69, 9.17) is 0 Å². The number of hydrogen-bond donors (Lipinski definition) is 1. The van der Waals surface area contributed by atoms with Gasteiger partial charge in [-0.3, -0.25) is 0 Å². The van der Waals surface area contributed by atoms with Gasteiger partial charge in [-0.05, 0) is 58.7 Å². The summed E-state index contributed by atoms with van der Waals surface area (Å²) in [5, 5.41) is 3.49. The second kappa shape index (κ2) is 8.93. The van der Waals surface area contributed by atoms with E-state index >= 15 is 0 Å². The normalized spacial score (nSPS) is 23.8. The molecule has 0 aromatic rings. The van der Waals surface area contributed by atoms with Crippen LogP contribution in [0.1, 0.15) is 65.7 Å². The Morgan fingerprint density at radius 3 is 2.76 bits per heavy atom. The summed E-state index contributed by atoms with van der Waals surface area (Å²) in [6, 6.07) is 1.58. The number of unbranched alkanes of at least 4 members (excludes halogenated alkanes) is 1. The second-order valence-electron chi connectivity index (χ2n) is 5.55. The third-order valence-corrected chi connectivity index (χ3v) is 4.11. The number of likely N-dealkylation sites (tertiary alicyclic amines) is 1. The molecule has 1 aliphatic rings. The molecular weight excluding hydrogens is 208 g/mol. The van der Waals surface area contributed by atoms with Crippen molar-refractivity contribution in [2.45, 2.75) is 77.8 Å². The average molecular weight is 240 g/mol. The van der Waals surface area contributed by atoms with E-state index < -0.39 is 0 Å².